The molecule has 0 amide bonds. The van der Waals surface area contributed by atoms with Crippen molar-refractivity contribution in [2.24, 2.45) is 17.8 Å². The Bertz CT molecular complexity index is 2340. The number of aryl methyl sites for hydroxylation is 4. The molecule has 0 heterocycles. The molecule has 4 fully saturated rings. The van der Waals surface area contributed by atoms with Gasteiger partial charge in [0.05, 0.1) is 0 Å². The van der Waals surface area contributed by atoms with E-state index in [4.69, 9.17) is 0 Å². The summed E-state index contributed by atoms with van der Waals surface area (Å²) < 4.78 is 0. The smallest absolute Gasteiger partial charge is 0.0496 e. The summed E-state index contributed by atoms with van der Waals surface area (Å²) in [6.45, 7) is 4.85. The molecule has 0 saturated heterocycles. The fourth-order valence-electron chi connectivity index (χ4n) is 12.3. The number of rotatable bonds is 5. The molecule has 8 bridgehead atoms. The minimum atomic E-state index is -0.118. The molecular formula is C53H51N. The van der Waals surface area contributed by atoms with Gasteiger partial charge in [0.25, 0.3) is 0 Å². The average molecular weight is 702 g/mol. The zero-order chi connectivity index (χ0) is 36.0. The summed E-state index contributed by atoms with van der Waals surface area (Å²) in [4.78, 5) is 2.64. The Morgan fingerprint density at radius 3 is 1.81 bits per heavy atom. The van der Waals surface area contributed by atoms with E-state index in [1.165, 1.54) is 111 Å². The van der Waals surface area contributed by atoms with Crippen molar-refractivity contribution in [3.63, 3.8) is 0 Å². The highest BCUT2D eigenvalue weighted by atomic mass is 15.1. The molecule has 0 atom stereocenters. The minimum Gasteiger partial charge on any atom is -0.310 e. The molecular weight excluding hydrogens is 651 g/mol. The van der Waals surface area contributed by atoms with Gasteiger partial charge in [-0.1, -0.05) is 117 Å². The Hall–Kier alpha value is -4.88. The second-order valence-electron chi connectivity index (χ2n) is 18.3. The molecule has 1 nitrogen and oxygen atoms in total. The van der Waals surface area contributed by atoms with Crippen molar-refractivity contribution < 1.29 is 0 Å². The summed E-state index contributed by atoms with van der Waals surface area (Å²) in [5.74, 6) is 2.82. The molecule has 0 spiro atoms. The van der Waals surface area contributed by atoms with E-state index in [0.29, 0.717) is 5.41 Å². The van der Waals surface area contributed by atoms with Crippen molar-refractivity contribution in [3.8, 4) is 22.3 Å². The first-order valence-electron chi connectivity index (χ1n) is 20.8. The van der Waals surface area contributed by atoms with Gasteiger partial charge in [0, 0.05) is 22.5 Å². The van der Waals surface area contributed by atoms with Crippen LogP contribution in [0.15, 0.2) is 133 Å². The van der Waals surface area contributed by atoms with Gasteiger partial charge in [-0.05, 0) is 179 Å². The second kappa shape index (κ2) is 12.3. The van der Waals surface area contributed by atoms with Gasteiger partial charge in [0.1, 0.15) is 0 Å². The third kappa shape index (κ3) is 5.25. The molecule has 0 aromatic heterocycles. The molecule has 54 heavy (non-hydrogen) atoms. The van der Waals surface area contributed by atoms with Crippen molar-refractivity contribution in [1.29, 1.82) is 0 Å². The summed E-state index contributed by atoms with van der Waals surface area (Å²) >= 11 is 0. The highest BCUT2D eigenvalue weighted by Gasteiger charge is 2.51. The lowest BCUT2D eigenvalue weighted by atomic mass is 9.48. The largest absolute Gasteiger partial charge is 0.310 e. The quantitative estimate of drug-likeness (QED) is 0.173. The van der Waals surface area contributed by atoms with E-state index in [-0.39, 0.29) is 5.41 Å². The van der Waals surface area contributed by atoms with Gasteiger partial charge in [-0.25, -0.2) is 0 Å². The maximum absolute atomic E-state index is 2.64. The van der Waals surface area contributed by atoms with Gasteiger partial charge >= 0.3 is 0 Å². The number of benzene rings is 6. The van der Waals surface area contributed by atoms with Crippen molar-refractivity contribution in [2.75, 3.05) is 4.90 Å². The van der Waals surface area contributed by atoms with Gasteiger partial charge in [0.2, 0.25) is 0 Å². The zero-order valence-corrected chi connectivity index (χ0v) is 32.0. The number of anilines is 3. The SMILES string of the molecule is CC1(C)c2ccccc2-c2c(-c3ccccc3)cc(N(c3ccc(C45CC6CC(CC(C6)C4)C5)cc3)c3cc4ccc3CCc3ccc(cc3)CC4)cc21. The van der Waals surface area contributed by atoms with Crippen LogP contribution in [0.25, 0.3) is 22.3 Å². The summed E-state index contributed by atoms with van der Waals surface area (Å²) in [5.41, 5.74) is 19.6. The first kappa shape index (κ1) is 32.5. The molecule has 4 saturated carbocycles. The van der Waals surface area contributed by atoms with Crippen LogP contribution in [0.2, 0.25) is 0 Å². The zero-order valence-electron chi connectivity index (χ0n) is 32.0. The van der Waals surface area contributed by atoms with Crippen molar-refractivity contribution >= 4 is 17.1 Å². The summed E-state index contributed by atoms with van der Waals surface area (Å²) in [7, 11) is 0. The van der Waals surface area contributed by atoms with Crippen LogP contribution in [0.3, 0.4) is 0 Å². The molecule has 0 unspecified atom stereocenters. The summed E-state index contributed by atoms with van der Waals surface area (Å²) in [6.07, 6.45) is 12.8. The number of fused-ring (bicyclic) bond motifs is 3. The Balaban J connectivity index is 1.11. The van der Waals surface area contributed by atoms with E-state index in [1.54, 1.807) is 5.56 Å². The van der Waals surface area contributed by atoms with E-state index < -0.39 is 0 Å². The van der Waals surface area contributed by atoms with Crippen LogP contribution in [0, 0.1) is 17.8 Å². The van der Waals surface area contributed by atoms with Gasteiger partial charge in [-0.15, -0.1) is 0 Å². The first-order chi connectivity index (χ1) is 26.4. The fraction of sp³-hybridized carbons (Fsp3) is 0.321. The minimum absolute atomic E-state index is 0.118. The normalized spacial score (nSPS) is 24.1. The topological polar surface area (TPSA) is 3.24 Å². The van der Waals surface area contributed by atoms with Crippen LogP contribution in [-0.4, -0.2) is 0 Å². The van der Waals surface area contributed by atoms with E-state index in [0.717, 1.165) is 43.4 Å². The van der Waals surface area contributed by atoms with Gasteiger partial charge in [-0.3, -0.25) is 0 Å². The van der Waals surface area contributed by atoms with E-state index in [9.17, 15) is 0 Å². The molecule has 6 aromatic rings. The van der Waals surface area contributed by atoms with Crippen LogP contribution in [0.1, 0.15) is 91.3 Å². The molecule has 9 aliphatic rings. The van der Waals surface area contributed by atoms with E-state index >= 15 is 0 Å². The molecule has 0 radical (unpaired) electrons. The Morgan fingerprint density at radius 2 is 1.11 bits per heavy atom. The first-order valence-corrected chi connectivity index (χ1v) is 20.8. The number of nitrogens with zero attached hydrogens (tertiary/aromatic N) is 1. The molecule has 0 aliphatic heterocycles. The molecule has 6 aromatic carbocycles. The maximum atomic E-state index is 2.64. The molecule has 268 valence electrons. The molecule has 9 aliphatic carbocycles. The van der Waals surface area contributed by atoms with E-state index in [2.05, 4.69) is 152 Å². The molecule has 1 heteroatoms. The van der Waals surface area contributed by atoms with Crippen LogP contribution in [-0.2, 0) is 36.5 Å². The lowest BCUT2D eigenvalue weighted by molar-refractivity contribution is -0.00518. The van der Waals surface area contributed by atoms with Crippen LogP contribution in [0.4, 0.5) is 17.1 Å². The predicted molar refractivity (Wildman–Crippen MR) is 225 cm³/mol. The summed E-state index contributed by atoms with van der Waals surface area (Å²) in [5, 5.41) is 0. The Labute approximate surface area is 322 Å². The number of hydrogen-bond donors (Lipinski definition) is 0. The molecule has 0 N–H and O–H groups in total. The van der Waals surface area contributed by atoms with Gasteiger partial charge < -0.3 is 4.90 Å². The van der Waals surface area contributed by atoms with Crippen LogP contribution < -0.4 is 4.90 Å². The average Bonchev–Trinajstić information content (AvgIpc) is 3.42. The highest BCUT2D eigenvalue weighted by molar-refractivity contribution is 5.96. The second-order valence-corrected chi connectivity index (χ2v) is 18.3. The van der Waals surface area contributed by atoms with Crippen LogP contribution >= 0.6 is 0 Å². The predicted octanol–water partition coefficient (Wildman–Crippen LogP) is 13.5. The van der Waals surface area contributed by atoms with Crippen LogP contribution in [0.5, 0.6) is 0 Å². The monoisotopic (exact) mass is 701 g/mol. The van der Waals surface area contributed by atoms with Crippen molar-refractivity contribution in [1.82, 2.24) is 0 Å². The number of hydrogen-bond acceptors (Lipinski definition) is 1. The lowest BCUT2D eigenvalue weighted by Gasteiger charge is -2.57. The molecule has 15 rings (SSSR count). The third-order valence-electron chi connectivity index (χ3n) is 14.6. The van der Waals surface area contributed by atoms with Gasteiger partial charge in [0.15, 0.2) is 0 Å². The Kier molecular flexibility index (Phi) is 7.43. The maximum Gasteiger partial charge on any atom is 0.0496 e. The Morgan fingerprint density at radius 1 is 0.500 bits per heavy atom. The van der Waals surface area contributed by atoms with Gasteiger partial charge in [-0.2, -0.15) is 0 Å². The standard InChI is InChI=1S/C53H51N/c1-52(2)48-11-7-6-10-46(48)51-47(41-8-4-3-5-9-41)30-45(31-49(51)52)54(50-29-37-17-16-35-12-14-36(15-13-35)18-20-42(50)21-19-37)44-24-22-43(23-25-44)53-32-38-26-39(33-53)28-40(27-38)34-53/h3-15,19,21-25,29-31,38-40H,16-18,20,26-28,32-34H2,1-2H3. The summed E-state index contributed by atoms with van der Waals surface area (Å²) in [6, 6.07) is 52.2. The van der Waals surface area contributed by atoms with E-state index in [1.807, 2.05) is 0 Å². The fourth-order valence-corrected chi connectivity index (χ4v) is 12.3. The third-order valence-corrected chi connectivity index (χ3v) is 14.6. The van der Waals surface area contributed by atoms with Crippen molar-refractivity contribution in [3.05, 3.63) is 172 Å². The van der Waals surface area contributed by atoms with Crippen molar-refractivity contribution in [2.45, 2.75) is 88.9 Å². The highest BCUT2D eigenvalue weighted by Crippen LogP contribution is 2.61. The lowest BCUT2D eigenvalue weighted by Crippen LogP contribution is -2.48.